The first-order valence-electron chi connectivity index (χ1n) is 11.6. The molecule has 35 heavy (non-hydrogen) atoms. The maximum atomic E-state index is 13.2. The van der Waals surface area contributed by atoms with Crippen molar-refractivity contribution in [2.45, 2.75) is 46.8 Å². The molecule has 0 saturated heterocycles. The van der Waals surface area contributed by atoms with Crippen LogP contribution in [-0.2, 0) is 25.5 Å². The molecule has 0 unspecified atom stereocenters. The third kappa shape index (κ3) is 6.20. The summed E-state index contributed by atoms with van der Waals surface area (Å²) in [6, 6.07) is 17.0. The van der Waals surface area contributed by atoms with E-state index in [4.69, 9.17) is 14.2 Å². The Balaban J connectivity index is 2.21. The molecule has 0 bridgehead atoms. The van der Waals surface area contributed by atoms with E-state index in [2.05, 4.69) is 0 Å². The van der Waals surface area contributed by atoms with Crippen molar-refractivity contribution in [2.24, 2.45) is 0 Å². The van der Waals surface area contributed by atoms with Crippen molar-refractivity contribution in [1.82, 2.24) is 9.47 Å². The molecular weight excluding hydrogens is 448 g/mol. The second-order valence-corrected chi connectivity index (χ2v) is 8.87. The van der Waals surface area contributed by atoms with Crippen molar-refractivity contribution in [3.8, 4) is 5.69 Å². The number of benzene rings is 2. The summed E-state index contributed by atoms with van der Waals surface area (Å²) in [5.41, 5.74) is 1.64. The average molecular weight is 481 g/mol. The first-order chi connectivity index (χ1) is 16.7. The van der Waals surface area contributed by atoms with E-state index in [-0.39, 0.29) is 26.3 Å². The summed E-state index contributed by atoms with van der Waals surface area (Å²) in [5, 5.41) is 0.685. The van der Waals surface area contributed by atoms with E-state index in [0.717, 1.165) is 11.2 Å². The van der Waals surface area contributed by atoms with Crippen molar-refractivity contribution in [3.63, 3.8) is 0 Å². The highest BCUT2D eigenvalue weighted by atomic mass is 16.6. The fraction of sp³-hybridized carbons (Fsp3) is 0.370. The normalized spacial score (nSPS) is 11.2. The smallest absolute Gasteiger partial charge is 0.411 e. The summed E-state index contributed by atoms with van der Waals surface area (Å²) in [7, 11) is 0. The van der Waals surface area contributed by atoms with Crippen LogP contribution < -0.4 is 0 Å². The van der Waals surface area contributed by atoms with E-state index in [1.807, 2.05) is 59.2 Å². The van der Waals surface area contributed by atoms with Crippen LogP contribution in [0.5, 0.6) is 0 Å². The summed E-state index contributed by atoms with van der Waals surface area (Å²) in [5.74, 6) is -1.08. The van der Waals surface area contributed by atoms with E-state index in [1.165, 1.54) is 4.90 Å². The van der Waals surface area contributed by atoms with Gasteiger partial charge >= 0.3 is 18.0 Å². The molecule has 1 heterocycles. The molecule has 0 N–H and O–H groups in total. The predicted molar refractivity (Wildman–Crippen MR) is 133 cm³/mol. The van der Waals surface area contributed by atoms with Crippen molar-refractivity contribution in [1.29, 1.82) is 0 Å². The van der Waals surface area contributed by atoms with Gasteiger partial charge in [-0.25, -0.2) is 9.59 Å². The Hall–Kier alpha value is -3.81. The van der Waals surface area contributed by atoms with Crippen LogP contribution in [0.3, 0.4) is 0 Å². The van der Waals surface area contributed by atoms with Gasteiger partial charge in [0.05, 0.1) is 36.5 Å². The fourth-order valence-electron chi connectivity index (χ4n) is 3.80. The number of ether oxygens (including phenoxy) is 3. The molecule has 3 rings (SSSR count). The Morgan fingerprint density at radius 3 is 2.14 bits per heavy atom. The van der Waals surface area contributed by atoms with Gasteiger partial charge in [0, 0.05) is 11.1 Å². The fourth-order valence-corrected chi connectivity index (χ4v) is 3.80. The van der Waals surface area contributed by atoms with Crippen LogP contribution in [0.2, 0.25) is 0 Å². The van der Waals surface area contributed by atoms with Gasteiger partial charge in [0.25, 0.3) is 0 Å². The lowest BCUT2D eigenvalue weighted by Crippen LogP contribution is -2.40. The van der Waals surface area contributed by atoms with E-state index in [9.17, 15) is 14.4 Å². The minimum atomic E-state index is -0.778. The summed E-state index contributed by atoms with van der Waals surface area (Å²) in [4.78, 5) is 40.0. The van der Waals surface area contributed by atoms with Crippen molar-refractivity contribution >= 4 is 28.9 Å². The molecule has 0 fully saturated rings. The Morgan fingerprint density at radius 2 is 1.51 bits per heavy atom. The molecule has 0 saturated carbocycles. The SMILES string of the molecule is CCOC(=O)CN(Cc1c(C(=O)OCC)c2ccccc2n1-c1ccccc1)C(=O)OC(C)(C)C. The Kier molecular flexibility index (Phi) is 8.17. The zero-order chi connectivity index (χ0) is 25.6. The summed E-state index contributed by atoms with van der Waals surface area (Å²) in [6.45, 7) is 8.65. The lowest BCUT2D eigenvalue weighted by Gasteiger charge is -2.27. The van der Waals surface area contributed by atoms with Gasteiger partial charge in [-0.1, -0.05) is 36.4 Å². The molecule has 8 heteroatoms. The van der Waals surface area contributed by atoms with Gasteiger partial charge in [0.1, 0.15) is 12.1 Å². The van der Waals surface area contributed by atoms with Crippen LogP contribution in [0, 0.1) is 0 Å². The Bertz CT molecular complexity index is 1190. The monoisotopic (exact) mass is 480 g/mol. The maximum absolute atomic E-state index is 13.2. The lowest BCUT2D eigenvalue weighted by molar-refractivity contribution is -0.144. The van der Waals surface area contributed by atoms with Crippen LogP contribution in [0.4, 0.5) is 4.79 Å². The van der Waals surface area contributed by atoms with E-state index >= 15 is 0 Å². The largest absolute Gasteiger partial charge is 0.465 e. The van der Waals surface area contributed by atoms with Gasteiger partial charge in [0.2, 0.25) is 0 Å². The van der Waals surface area contributed by atoms with Gasteiger partial charge in [0.15, 0.2) is 0 Å². The van der Waals surface area contributed by atoms with Gasteiger partial charge in [-0.2, -0.15) is 0 Å². The lowest BCUT2D eigenvalue weighted by atomic mass is 10.1. The highest BCUT2D eigenvalue weighted by Gasteiger charge is 2.30. The second-order valence-electron chi connectivity index (χ2n) is 8.87. The Morgan fingerprint density at radius 1 is 0.886 bits per heavy atom. The third-order valence-corrected chi connectivity index (χ3v) is 5.08. The molecule has 0 atom stereocenters. The number of esters is 2. The molecule has 0 aliphatic carbocycles. The minimum absolute atomic E-state index is 0.0779. The highest BCUT2D eigenvalue weighted by molar-refractivity contribution is 6.06. The van der Waals surface area contributed by atoms with Gasteiger partial charge in [-0.15, -0.1) is 0 Å². The molecular formula is C27H32N2O6. The Labute approximate surface area is 205 Å². The maximum Gasteiger partial charge on any atom is 0.411 e. The van der Waals surface area contributed by atoms with E-state index in [0.29, 0.717) is 16.6 Å². The predicted octanol–water partition coefficient (Wildman–Crippen LogP) is 5.11. The van der Waals surface area contributed by atoms with Crippen LogP contribution in [0.15, 0.2) is 54.6 Å². The molecule has 3 aromatic rings. The molecule has 0 radical (unpaired) electrons. The number of carbonyl (C=O) groups is 3. The molecule has 186 valence electrons. The number of para-hydroxylation sites is 2. The summed E-state index contributed by atoms with van der Waals surface area (Å²) < 4.78 is 18.0. The van der Waals surface area contributed by atoms with E-state index in [1.54, 1.807) is 34.6 Å². The molecule has 0 aliphatic rings. The van der Waals surface area contributed by atoms with Gasteiger partial charge < -0.3 is 18.8 Å². The van der Waals surface area contributed by atoms with Gasteiger partial charge in [-0.3, -0.25) is 9.69 Å². The quantitative estimate of drug-likeness (QED) is 0.329. The highest BCUT2D eigenvalue weighted by Crippen LogP contribution is 2.31. The minimum Gasteiger partial charge on any atom is -0.465 e. The zero-order valence-corrected chi connectivity index (χ0v) is 20.9. The van der Waals surface area contributed by atoms with Crippen molar-refractivity contribution < 1.29 is 28.6 Å². The molecule has 1 amide bonds. The molecule has 1 aromatic heterocycles. The number of amides is 1. The van der Waals surface area contributed by atoms with Crippen molar-refractivity contribution in [2.75, 3.05) is 19.8 Å². The molecule has 8 nitrogen and oxygen atoms in total. The molecule has 2 aromatic carbocycles. The van der Waals surface area contributed by atoms with E-state index < -0.39 is 23.6 Å². The number of fused-ring (bicyclic) bond motifs is 1. The first kappa shape index (κ1) is 25.8. The third-order valence-electron chi connectivity index (χ3n) is 5.08. The number of hydrogen-bond donors (Lipinski definition) is 0. The molecule has 0 spiro atoms. The van der Waals surface area contributed by atoms with Crippen molar-refractivity contribution in [3.05, 3.63) is 65.9 Å². The van der Waals surface area contributed by atoms with Crippen LogP contribution in [0.1, 0.15) is 50.7 Å². The van der Waals surface area contributed by atoms with Gasteiger partial charge in [-0.05, 0) is 52.8 Å². The standard InChI is InChI=1S/C27H32N2O6/c1-6-33-23(30)18-28(26(32)35-27(3,4)5)17-22-24(25(31)34-7-2)20-15-11-12-16-21(20)29(22)19-13-9-8-10-14-19/h8-16H,6-7,17-18H2,1-5H3. The summed E-state index contributed by atoms with van der Waals surface area (Å²) >= 11 is 0. The van der Waals surface area contributed by atoms with Crippen LogP contribution >= 0.6 is 0 Å². The number of rotatable bonds is 8. The second kappa shape index (κ2) is 11.1. The molecule has 0 aliphatic heterocycles. The topological polar surface area (TPSA) is 87.1 Å². The zero-order valence-electron chi connectivity index (χ0n) is 20.9. The van der Waals surface area contributed by atoms with Crippen LogP contribution in [-0.4, -0.2) is 52.9 Å². The average Bonchev–Trinajstić information content (AvgIpc) is 3.12. The summed E-state index contributed by atoms with van der Waals surface area (Å²) in [6.07, 6.45) is -0.690. The number of aromatic nitrogens is 1. The van der Waals surface area contributed by atoms with Crippen LogP contribution in [0.25, 0.3) is 16.6 Å². The number of hydrogen-bond acceptors (Lipinski definition) is 6. The number of nitrogens with zero attached hydrogens (tertiary/aromatic N) is 2. The first-order valence-corrected chi connectivity index (χ1v) is 11.6. The number of carbonyl (C=O) groups excluding carboxylic acids is 3.